The van der Waals surface area contributed by atoms with E-state index in [4.69, 9.17) is 5.73 Å². The molecule has 3 heteroatoms. The molecular weight excluding hydrogens is 296 g/mol. The Labute approximate surface area is 141 Å². The van der Waals surface area contributed by atoms with Crippen molar-refractivity contribution in [3.8, 4) is 0 Å². The normalized spacial score (nSPS) is 19.7. The topological polar surface area (TPSA) is 55.1 Å². The molecule has 0 aliphatic heterocycles. The van der Waals surface area contributed by atoms with Gasteiger partial charge in [-0.2, -0.15) is 0 Å². The lowest BCUT2D eigenvalue weighted by atomic mass is 9.76. The van der Waals surface area contributed by atoms with Crippen LogP contribution in [0.2, 0.25) is 0 Å². The van der Waals surface area contributed by atoms with Crippen molar-refractivity contribution in [2.75, 3.05) is 5.32 Å². The molecule has 0 heterocycles. The van der Waals surface area contributed by atoms with Crippen LogP contribution in [-0.4, -0.2) is 5.91 Å². The lowest BCUT2D eigenvalue weighted by Crippen LogP contribution is -2.50. The maximum absolute atomic E-state index is 13.0. The number of fused-ring (bicyclic) bond motifs is 2. The molecule has 0 saturated heterocycles. The van der Waals surface area contributed by atoms with E-state index in [1.807, 2.05) is 54.6 Å². The highest BCUT2D eigenvalue weighted by Crippen LogP contribution is 2.34. The van der Waals surface area contributed by atoms with Crippen LogP contribution in [0.3, 0.4) is 0 Å². The smallest absolute Gasteiger partial charge is 0.249 e. The first kappa shape index (κ1) is 14.9. The number of nitrogens with one attached hydrogen (secondary N) is 1. The van der Waals surface area contributed by atoms with Crippen molar-refractivity contribution in [3.63, 3.8) is 0 Å². The van der Waals surface area contributed by atoms with Gasteiger partial charge in [-0.25, -0.2) is 0 Å². The van der Waals surface area contributed by atoms with Gasteiger partial charge < -0.3 is 11.1 Å². The molecule has 1 aliphatic rings. The van der Waals surface area contributed by atoms with Crippen molar-refractivity contribution in [2.24, 2.45) is 5.73 Å². The van der Waals surface area contributed by atoms with Gasteiger partial charge in [-0.1, -0.05) is 54.6 Å². The van der Waals surface area contributed by atoms with Crippen molar-refractivity contribution in [1.82, 2.24) is 0 Å². The highest BCUT2D eigenvalue weighted by atomic mass is 16.2. The highest BCUT2D eigenvalue weighted by molar-refractivity contribution is 6.00. The van der Waals surface area contributed by atoms with Crippen LogP contribution in [0.1, 0.15) is 24.0 Å². The summed E-state index contributed by atoms with van der Waals surface area (Å²) in [5, 5.41) is 5.28. The van der Waals surface area contributed by atoms with E-state index >= 15 is 0 Å². The van der Waals surface area contributed by atoms with Gasteiger partial charge in [-0.05, 0) is 53.3 Å². The van der Waals surface area contributed by atoms with Crippen molar-refractivity contribution in [1.29, 1.82) is 0 Å². The zero-order valence-corrected chi connectivity index (χ0v) is 13.5. The molecule has 0 spiro atoms. The third kappa shape index (κ3) is 2.47. The zero-order chi connectivity index (χ0) is 16.6. The molecule has 0 bridgehead atoms. The molecule has 1 amide bonds. The van der Waals surface area contributed by atoms with Crippen LogP contribution >= 0.6 is 0 Å². The fraction of sp³-hybridized carbons (Fsp3) is 0.190. The van der Waals surface area contributed by atoms with Crippen LogP contribution in [0.25, 0.3) is 10.8 Å². The molecule has 3 nitrogen and oxygen atoms in total. The Morgan fingerprint density at radius 1 is 0.958 bits per heavy atom. The Morgan fingerprint density at radius 2 is 1.71 bits per heavy atom. The van der Waals surface area contributed by atoms with E-state index in [0.717, 1.165) is 34.9 Å². The van der Waals surface area contributed by atoms with E-state index in [-0.39, 0.29) is 5.91 Å². The second-order valence-corrected chi connectivity index (χ2v) is 6.50. The van der Waals surface area contributed by atoms with E-state index in [1.165, 1.54) is 5.56 Å². The first-order chi connectivity index (χ1) is 11.7. The first-order valence-corrected chi connectivity index (χ1v) is 8.34. The molecule has 1 atom stereocenters. The summed E-state index contributed by atoms with van der Waals surface area (Å²) < 4.78 is 0. The average molecular weight is 316 g/mol. The van der Waals surface area contributed by atoms with Crippen molar-refractivity contribution in [2.45, 2.75) is 24.8 Å². The fourth-order valence-electron chi connectivity index (χ4n) is 3.61. The molecule has 0 aromatic heterocycles. The van der Waals surface area contributed by atoms with Crippen LogP contribution in [0.15, 0.2) is 66.7 Å². The van der Waals surface area contributed by atoms with Crippen molar-refractivity contribution >= 4 is 22.4 Å². The lowest BCUT2D eigenvalue weighted by molar-refractivity contribution is -0.122. The molecule has 3 N–H and O–H groups in total. The van der Waals surface area contributed by atoms with Crippen LogP contribution < -0.4 is 11.1 Å². The molecule has 4 rings (SSSR count). The predicted molar refractivity (Wildman–Crippen MR) is 97.8 cm³/mol. The summed E-state index contributed by atoms with van der Waals surface area (Å²) in [5.41, 5.74) is 8.52. The maximum atomic E-state index is 13.0. The quantitative estimate of drug-likeness (QED) is 0.751. The van der Waals surface area contributed by atoms with Crippen LogP contribution in [0.4, 0.5) is 5.69 Å². The van der Waals surface area contributed by atoms with Gasteiger partial charge in [0, 0.05) is 5.69 Å². The number of hydrogen-bond acceptors (Lipinski definition) is 2. The molecule has 3 aromatic rings. The maximum Gasteiger partial charge on any atom is 0.249 e. The third-order valence-electron chi connectivity index (χ3n) is 4.93. The van der Waals surface area contributed by atoms with Crippen LogP contribution in [0.5, 0.6) is 0 Å². The van der Waals surface area contributed by atoms with Gasteiger partial charge in [-0.3, -0.25) is 4.79 Å². The molecule has 1 unspecified atom stereocenters. The minimum absolute atomic E-state index is 0.134. The molecule has 120 valence electrons. The molecule has 0 saturated carbocycles. The number of nitrogens with two attached hydrogens (primary N) is 1. The second-order valence-electron chi connectivity index (χ2n) is 6.50. The third-order valence-corrected chi connectivity index (χ3v) is 4.93. The Bertz CT molecular complexity index is 918. The van der Waals surface area contributed by atoms with E-state index in [2.05, 4.69) is 17.4 Å². The summed E-state index contributed by atoms with van der Waals surface area (Å²) in [6.07, 6.45) is 2.58. The minimum atomic E-state index is -0.958. The molecule has 24 heavy (non-hydrogen) atoms. The second kappa shape index (κ2) is 5.77. The molecule has 0 fully saturated rings. The van der Waals surface area contributed by atoms with E-state index < -0.39 is 5.54 Å². The Hall–Kier alpha value is -2.65. The van der Waals surface area contributed by atoms with Crippen LogP contribution in [0, 0.1) is 0 Å². The number of hydrogen-bond donors (Lipinski definition) is 2. The predicted octanol–water partition coefficient (Wildman–Crippen LogP) is 3.97. The fourth-order valence-corrected chi connectivity index (χ4v) is 3.61. The van der Waals surface area contributed by atoms with E-state index in [1.54, 1.807) is 0 Å². The molecule has 3 aromatic carbocycles. The summed E-state index contributed by atoms with van der Waals surface area (Å²) in [4.78, 5) is 13.0. The summed E-state index contributed by atoms with van der Waals surface area (Å²) >= 11 is 0. The standard InChI is InChI=1S/C21H20N2O/c22-21(13-5-9-16-7-3-4-10-19(16)21)20(24)23-18-12-11-15-6-1-2-8-17(15)14-18/h1-4,6-8,10-12,14H,5,9,13,22H2,(H,23,24). The average Bonchev–Trinajstić information content (AvgIpc) is 2.62. The first-order valence-electron chi connectivity index (χ1n) is 8.34. The Balaban J connectivity index is 1.66. The minimum Gasteiger partial charge on any atom is -0.324 e. The summed E-state index contributed by atoms with van der Waals surface area (Å²) in [6, 6.07) is 22.0. The Morgan fingerprint density at radius 3 is 2.58 bits per heavy atom. The SMILES string of the molecule is NC1(C(=O)Nc2ccc3ccccc3c2)CCCc2ccccc21. The monoisotopic (exact) mass is 316 g/mol. The summed E-state index contributed by atoms with van der Waals surface area (Å²) in [7, 11) is 0. The number of anilines is 1. The van der Waals surface area contributed by atoms with Gasteiger partial charge in [0.1, 0.15) is 5.54 Å². The molecular formula is C21H20N2O. The number of amides is 1. The largest absolute Gasteiger partial charge is 0.324 e. The van der Waals surface area contributed by atoms with Crippen molar-refractivity contribution < 1.29 is 4.79 Å². The van der Waals surface area contributed by atoms with Crippen molar-refractivity contribution in [3.05, 3.63) is 77.9 Å². The Kier molecular flexibility index (Phi) is 3.58. The zero-order valence-electron chi connectivity index (χ0n) is 13.5. The summed E-state index contributed by atoms with van der Waals surface area (Å²) in [6.45, 7) is 0. The molecule has 0 radical (unpaired) electrons. The number of benzene rings is 3. The van der Waals surface area contributed by atoms with Gasteiger partial charge in [-0.15, -0.1) is 0 Å². The van der Waals surface area contributed by atoms with Gasteiger partial charge >= 0.3 is 0 Å². The lowest BCUT2D eigenvalue weighted by Gasteiger charge is -2.34. The van der Waals surface area contributed by atoms with E-state index in [0.29, 0.717) is 6.42 Å². The van der Waals surface area contributed by atoms with Gasteiger partial charge in [0.05, 0.1) is 0 Å². The van der Waals surface area contributed by atoms with Gasteiger partial charge in [0.25, 0.3) is 0 Å². The number of rotatable bonds is 2. The molecule has 1 aliphatic carbocycles. The van der Waals surface area contributed by atoms with Gasteiger partial charge in [0.15, 0.2) is 0 Å². The summed E-state index contributed by atoms with van der Waals surface area (Å²) in [5.74, 6) is -0.134. The van der Waals surface area contributed by atoms with Gasteiger partial charge in [0.2, 0.25) is 5.91 Å². The number of carbonyl (C=O) groups excluding carboxylic acids is 1. The van der Waals surface area contributed by atoms with E-state index in [9.17, 15) is 4.79 Å². The number of carbonyl (C=O) groups is 1. The van der Waals surface area contributed by atoms with Crippen LogP contribution in [-0.2, 0) is 16.8 Å². The number of aryl methyl sites for hydroxylation is 1. The highest BCUT2D eigenvalue weighted by Gasteiger charge is 2.39.